The molecule has 11 heteroatoms. The van der Waals surface area contributed by atoms with Crippen molar-refractivity contribution in [3.8, 4) is 5.75 Å². The highest BCUT2D eigenvalue weighted by atomic mass is 35.5. The standard InChI is InChI=1S/C20H22ClN5O4S/c1-30-18-11-14(3-4-16(18)21)25-9-7-24(8-10-25)13-19(27)26-17-5-6-22-20(31(2,28)29)15(17)12-23-26/h3-6,11-12H,7-10,13H2,1-2H3. The number of anilines is 1. The lowest BCUT2D eigenvalue weighted by molar-refractivity contribution is 0.0833. The second-order valence-electron chi connectivity index (χ2n) is 7.35. The van der Waals surface area contributed by atoms with Crippen LogP contribution in [0.4, 0.5) is 5.69 Å². The first kappa shape index (κ1) is 21.5. The van der Waals surface area contributed by atoms with Crippen molar-refractivity contribution in [2.75, 3.05) is 51.0 Å². The van der Waals surface area contributed by atoms with Gasteiger partial charge < -0.3 is 9.64 Å². The number of nitrogens with zero attached hydrogens (tertiary/aromatic N) is 5. The molecule has 0 amide bonds. The second kappa shape index (κ2) is 8.45. The van der Waals surface area contributed by atoms with Gasteiger partial charge in [0.1, 0.15) is 5.75 Å². The van der Waals surface area contributed by atoms with Gasteiger partial charge in [-0.15, -0.1) is 0 Å². The number of benzene rings is 1. The van der Waals surface area contributed by atoms with E-state index in [2.05, 4.69) is 19.9 Å². The molecular formula is C20H22ClN5O4S. The quantitative estimate of drug-likeness (QED) is 0.566. The Kier molecular flexibility index (Phi) is 5.87. The molecule has 0 spiro atoms. The molecule has 0 saturated carbocycles. The van der Waals surface area contributed by atoms with E-state index in [9.17, 15) is 13.2 Å². The molecule has 0 bridgehead atoms. The minimum absolute atomic E-state index is 0.0731. The fourth-order valence-electron chi connectivity index (χ4n) is 3.69. The van der Waals surface area contributed by atoms with Crippen LogP contribution in [-0.4, -0.2) is 80.1 Å². The predicted molar refractivity (Wildman–Crippen MR) is 118 cm³/mol. The van der Waals surface area contributed by atoms with Crippen LogP contribution in [0.25, 0.3) is 10.9 Å². The van der Waals surface area contributed by atoms with Crippen LogP contribution in [0.15, 0.2) is 41.7 Å². The summed E-state index contributed by atoms with van der Waals surface area (Å²) in [6.07, 6.45) is 3.84. The Morgan fingerprint density at radius 2 is 1.94 bits per heavy atom. The molecule has 0 unspecified atom stereocenters. The topological polar surface area (TPSA) is 97.6 Å². The third-order valence-electron chi connectivity index (χ3n) is 5.28. The van der Waals surface area contributed by atoms with Gasteiger partial charge in [0.25, 0.3) is 5.91 Å². The number of hydrogen-bond acceptors (Lipinski definition) is 8. The third kappa shape index (κ3) is 4.36. The Morgan fingerprint density at radius 3 is 2.61 bits per heavy atom. The lowest BCUT2D eigenvalue weighted by Crippen LogP contribution is -2.48. The third-order valence-corrected chi connectivity index (χ3v) is 6.62. The molecule has 9 nitrogen and oxygen atoms in total. The van der Waals surface area contributed by atoms with E-state index >= 15 is 0 Å². The van der Waals surface area contributed by atoms with Crippen molar-refractivity contribution in [2.24, 2.45) is 0 Å². The Hall–Kier alpha value is -2.69. The van der Waals surface area contributed by atoms with Gasteiger partial charge in [-0.3, -0.25) is 9.69 Å². The summed E-state index contributed by atoms with van der Waals surface area (Å²) in [7, 11) is -1.93. The highest BCUT2D eigenvalue weighted by Gasteiger charge is 2.23. The average Bonchev–Trinajstić information content (AvgIpc) is 3.18. The summed E-state index contributed by atoms with van der Waals surface area (Å²) in [4.78, 5) is 21.1. The minimum atomic E-state index is -3.52. The summed E-state index contributed by atoms with van der Waals surface area (Å²) < 4.78 is 30.4. The lowest BCUT2D eigenvalue weighted by Gasteiger charge is -2.35. The van der Waals surface area contributed by atoms with Crippen molar-refractivity contribution in [3.05, 3.63) is 41.7 Å². The number of carbonyl (C=O) groups excluding carboxylic acids is 1. The first-order valence-corrected chi connectivity index (χ1v) is 11.9. The number of hydrogen-bond donors (Lipinski definition) is 0. The van der Waals surface area contributed by atoms with Crippen LogP contribution >= 0.6 is 11.6 Å². The number of fused-ring (bicyclic) bond motifs is 1. The molecule has 1 fully saturated rings. The summed E-state index contributed by atoms with van der Waals surface area (Å²) in [5.74, 6) is 0.410. The number of aromatic nitrogens is 3. The summed E-state index contributed by atoms with van der Waals surface area (Å²) in [6.45, 7) is 3.09. The van der Waals surface area contributed by atoms with Crippen molar-refractivity contribution in [1.82, 2.24) is 19.7 Å². The number of carbonyl (C=O) groups is 1. The zero-order valence-corrected chi connectivity index (χ0v) is 18.7. The van der Waals surface area contributed by atoms with Crippen LogP contribution in [0.3, 0.4) is 0 Å². The first-order chi connectivity index (χ1) is 14.8. The molecule has 4 rings (SSSR count). The van der Waals surface area contributed by atoms with Crippen molar-refractivity contribution < 1.29 is 17.9 Å². The second-order valence-corrected chi connectivity index (χ2v) is 9.69. The average molecular weight is 464 g/mol. The van der Waals surface area contributed by atoms with Crippen molar-refractivity contribution in [3.63, 3.8) is 0 Å². The first-order valence-electron chi connectivity index (χ1n) is 9.65. The maximum Gasteiger partial charge on any atom is 0.261 e. The smallest absolute Gasteiger partial charge is 0.261 e. The van der Waals surface area contributed by atoms with Gasteiger partial charge in [0.15, 0.2) is 14.9 Å². The monoisotopic (exact) mass is 463 g/mol. The summed E-state index contributed by atoms with van der Waals surface area (Å²) in [5.41, 5.74) is 1.46. The van der Waals surface area contributed by atoms with Crippen molar-refractivity contribution in [1.29, 1.82) is 0 Å². The van der Waals surface area contributed by atoms with E-state index in [0.717, 1.165) is 25.0 Å². The van der Waals surface area contributed by atoms with Gasteiger partial charge in [0.05, 0.1) is 35.8 Å². The van der Waals surface area contributed by atoms with Gasteiger partial charge in [-0.05, 0) is 18.2 Å². The number of pyridine rings is 1. The molecule has 1 aliphatic rings. The molecule has 1 aliphatic heterocycles. The summed E-state index contributed by atoms with van der Waals surface area (Å²) in [5, 5.41) is 4.96. The van der Waals surface area contributed by atoms with E-state index in [4.69, 9.17) is 16.3 Å². The molecule has 31 heavy (non-hydrogen) atoms. The van der Waals surface area contributed by atoms with Crippen LogP contribution in [0.2, 0.25) is 5.02 Å². The van der Waals surface area contributed by atoms with E-state index < -0.39 is 9.84 Å². The zero-order chi connectivity index (χ0) is 22.2. The normalized spacial score (nSPS) is 15.4. The highest BCUT2D eigenvalue weighted by molar-refractivity contribution is 7.90. The molecule has 2 aromatic heterocycles. The van der Waals surface area contributed by atoms with Gasteiger partial charge in [-0.25, -0.2) is 13.4 Å². The Bertz CT molecular complexity index is 1240. The molecular weight excluding hydrogens is 442 g/mol. The van der Waals surface area contributed by atoms with E-state index in [0.29, 0.717) is 34.8 Å². The molecule has 0 atom stereocenters. The minimum Gasteiger partial charge on any atom is -0.495 e. The van der Waals surface area contributed by atoms with Gasteiger partial charge in [0.2, 0.25) is 0 Å². The van der Waals surface area contributed by atoms with E-state index in [-0.39, 0.29) is 17.5 Å². The maximum absolute atomic E-state index is 12.9. The predicted octanol–water partition coefficient (Wildman–Crippen LogP) is 1.96. The zero-order valence-electron chi connectivity index (χ0n) is 17.2. The largest absolute Gasteiger partial charge is 0.495 e. The van der Waals surface area contributed by atoms with Gasteiger partial charge in [0, 0.05) is 50.4 Å². The van der Waals surface area contributed by atoms with E-state index in [1.165, 1.54) is 17.1 Å². The molecule has 1 aromatic carbocycles. The SMILES string of the molecule is COc1cc(N2CCN(CC(=O)n3ncc4c(S(C)(=O)=O)nccc43)CC2)ccc1Cl. The Labute approximate surface area is 185 Å². The van der Waals surface area contributed by atoms with E-state index in [1.807, 2.05) is 18.2 Å². The molecule has 0 aliphatic carbocycles. The van der Waals surface area contributed by atoms with Crippen LogP contribution in [0.5, 0.6) is 5.75 Å². The molecule has 164 valence electrons. The van der Waals surface area contributed by atoms with Gasteiger partial charge in [-0.2, -0.15) is 9.78 Å². The van der Waals surface area contributed by atoms with Crippen molar-refractivity contribution in [2.45, 2.75) is 5.03 Å². The Balaban J connectivity index is 1.44. The van der Waals surface area contributed by atoms with Gasteiger partial charge >= 0.3 is 0 Å². The van der Waals surface area contributed by atoms with E-state index in [1.54, 1.807) is 13.2 Å². The number of sulfone groups is 1. The lowest BCUT2D eigenvalue weighted by atomic mass is 10.2. The van der Waals surface area contributed by atoms with Crippen molar-refractivity contribution >= 4 is 43.9 Å². The van der Waals surface area contributed by atoms with Crippen LogP contribution in [-0.2, 0) is 9.84 Å². The maximum atomic E-state index is 12.9. The van der Waals surface area contributed by atoms with Crippen LogP contribution in [0, 0.1) is 0 Å². The number of ether oxygens (including phenoxy) is 1. The molecule has 3 heterocycles. The summed E-state index contributed by atoms with van der Waals surface area (Å²) in [6, 6.07) is 7.27. The highest BCUT2D eigenvalue weighted by Crippen LogP contribution is 2.29. The molecule has 3 aromatic rings. The van der Waals surface area contributed by atoms with Crippen LogP contribution in [0.1, 0.15) is 4.79 Å². The fraction of sp³-hybridized carbons (Fsp3) is 0.350. The molecule has 1 saturated heterocycles. The number of rotatable bonds is 5. The number of piperazine rings is 1. The van der Waals surface area contributed by atoms with Crippen LogP contribution < -0.4 is 9.64 Å². The molecule has 0 N–H and O–H groups in total. The number of methoxy groups -OCH3 is 1. The fourth-order valence-corrected chi connectivity index (χ4v) is 4.69. The summed E-state index contributed by atoms with van der Waals surface area (Å²) >= 11 is 6.11. The Morgan fingerprint density at radius 1 is 1.19 bits per heavy atom. The molecule has 0 radical (unpaired) electrons. The number of halogens is 1. The van der Waals surface area contributed by atoms with Gasteiger partial charge in [-0.1, -0.05) is 11.6 Å².